The van der Waals surface area contributed by atoms with Gasteiger partial charge >= 0.3 is 0 Å². The van der Waals surface area contributed by atoms with Crippen molar-refractivity contribution in [2.45, 2.75) is 13.8 Å². The van der Waals surface area contributed by atoms with Gasteiger partial charge in [-0.3, -0.25) is 4.79 Å². The van der Waals surface area contributed by atoms with E-state index in [-0.39, 0.29) is 18.1 Å². The van der Waals surface area contributed by atoms with E-state index in [0.29, 0.717) is 5.56 Å². The molecule has 0 saturated heterocycles. The summed E-state index contributed by atoms with van der Waals surface area (Å²) in [6.45, 7) is 4.20. The van der Waals surface area contributed by atoms with Crippen molar-refractivity contribution in [3.8, 4) is 0 Å². The Morgan fingerprint density at radius 3 is 2.21 bits per heavy atom. The van der Waals surface area contributed by atoms with E-state index in [4.69, 9.17) is 0 Å². The minimum absolute atomic E-state index is 0.0531. The Hall–Kier alpha value is -2.16. The first-order valence-electron chi connectivity index (χ1n) is 6.17. The third kappa shape index (κ3) is 3.19. The van der Waals surface area contributed by atoms with E-state index < -0.39 is 0 Å². The number of ketones is 1. The fourth-order valence-corrected chi connectivity index (χ4v) is 2.00. The van der Waals surface area contributed by atoms with Crippen molar-refractivity contribution in [3.05, 3.63) is 65.0 Å². The van der Waals surface area contributed by atoms with Crippen molar-refractivity contribution in [1.82, 2.24) is 0 Å². The average Bonchev–Trinajstić information content (AvgIpc) is 2.38. The van der Waals surface area contributed by atoms with E-state index in [2.05, 4.69) is 5.32 Å². The number of anilines is 1. The summed E-state index contributed by atoms with van der Waals surface area (Å²) >= 11 is 0. The Bertz CT molecular complexity index is 570. The molecule has 2 aromatic rings. The lowest BCUT2D eigenvalue weighted by molar-refractivity contribution is 0.101. The fraction of sp³-hybridized carbons (Fsp3) is 0.188. The van der Waals surface area contributed by atoms with Crippen LogP contribution in [0, 0.1) is 19.7 Å². The van der Waals surface area contributed by atoms with Gasteiger partial charge in [-0.1, -0.05) is 18.2 Å². The van der Waals surface area contributed by atoms with Crippen LogP contribution in [0.25, 0.3) is 0 Å². The number of para-hydroxylation sites is 1. The molecule has 0 aliphatic rings. The van der Waals surface area contributed by atoms with Crippen LogP contribution in [0.2, 0.25) is 0 Å². The zero-order valence-electron chi connectivity index (χ0n) is 11.0. The van der Waals surface area contributed by atoms with E-state index >= 15 is 0 Å². The first-order chi connectivity index (χ1) is 9.08. The second kappa shape index (κ2) is 5.65. The van der Waals surface area contributed by atoms with Crippen molar-refractivity contribution in [2.75, 3.05) is 11.9 Å². The molecule has 98 valence electrons. The molecule has 1 N–H and O–H groups in total. The van der Waals surface area contributed by atoms with Crippen LogP contribution >= 0.6 is 0 Å². The van der Waals surface area contributed by atoms with Crippen LogP contribution in [0.3, 0.4) is 0 Å². The number of hydrogen-bond donors (Lipinski definition) is 1. The number of aryl methyl sites for hydroxylation is 2. The lowest BCUT2D eigenvalue weighted by Crippen LogP contribution is -2.15. The van der Waals surface area contributed by atoms with Gasteiger partial charge in [-0.25, -0.2) is 4.39 Å². The molecule has 2 aromatic carbocycles. The molecule has 0 fully saturated rings. The molecule has 0 atom stereocenters. The fourth-order valence-electron chi connectivity index (χ4n) is 2.00. The number of Topliss-reactive ketones (excluding diaryl/α,β-unsaturated/α-hetero) is 1. The molecule has 0 amide bonds. The van der Waals surface area contributed by atoms with Gasteiger partial charge in [0.2, 0.25) is 0 Å². The zero-order valence-corrected chi connectivity index (χ0v) is 11.0. The molecule has 0 spiro atoms. The van der Waals surface area contributed by atoms with Gasteiger partial charge in [-0.15, -0.1) is 0 Å². The number of nitrogens with one attached hydrogen (secondary N) is 1. The Morgan fingerprint density at radius 2 is 1.63 bits per heavy atom. The minimum Gasteiger partial charge on any atom is -0.377 e. The molecule has 2 rings (SSSR count). The van der Waals surface area contributed by atoms with Gasteiger partial charge in [-0.05, 0) is 49.2 Å². The van der Waals surface area contributed by atoms with Gasteiger partial charge in [0, 0.05) is 11.3 Å². The third-order valence-corrected chi connectivity index (χ3v) is 3.07. The van der Waals surface area contributed by atoms with Gasteiger partial charge in [0.05, 0.1) is 6.54 Å². The molecule has 19 heavy (non-hydrogen) atoms. The normalized spacial score (nSPS) is 10.3. The summed E-state index contributed by atoms with van der Waals surface area (Å²) in [6, 6.07) is 11.6. The van der Waals surface area contributed by atoms with Crippen LogP contribution in [0.1, 0.15) is 21.5 Å². The van der Waals surface area contributed by atoms with Crippen molar-refractivity contribution in [3.63, 3.8) is 0 Å². The van der Waals surface area contributed by atoms with Crippen molar-refractivity contribution in [2.24, 2.45) is 0 Å². The first kappa shape index (κ1) is 13.3. The molecule has 0 saturated carbocycles. The maximum Gasteiger partial charge on any atom is 0.181 e. The maximum absolute atomic E-state index is 12.8. The predicted molar refractivity (Wildman–Crippen MR) is 75.1 cm³/mol. The highest BCUT2D eigenvalue weighted by molar-refractivity contribution is 5.99. The summed E-state index contributed by atoms with van der Waals surface area (Å²) in [5, 5.41) is 3.15. The predicted octanol–water partition coefficient (Wildman–Crippen LogP) is 3.74. The number of hydrogen-bond acceptors (Lipinski definition) is 2. The van der Waals surface area contributed by atoms with Gasteiger partial charge in [0.15, 0.2) is 5.78 Å². The standard InChI is InChI=1S/C16H16FNO/c1-11-4-3-5-12(2)16(11)18-10-15(19)13-6-8-14(17)9-7-13/h3-9,18H,10H2,1-2H3. The second-order valence-electron chi connectivity index (χ2n) is 4.55. The van der Waals surface area contributed by atoms with E-state index in [1.807, 2.05) is 32.0 Å². The topological polar surface area (TPSA) is 29.1 Å². The molecule has 0 bridgehead atoms. The van der Waals surface area contributed by atoms with Crippen LogP contribution in [0.5, 0.6) is 0 Å². The van der Waals surface area contributed by atoms with Crippen LogP contribution in [0.15, 0.2) is 42.5 Å². The summed E-state index contributed by atoms with van der Waals surface area (Å²) in [5.41, 5.74) is 3.71. The summed E-state index contributed by atoms with van der Waals surface area (Å²) in [7, 11) is 0. The van der Waals surface area contributed by atoms with Crippen molar-refractivity contribution < 1.29 is 9.18 Å². The van der Waals surface area contributed by atoms with E-state index in [0.717, 1.165) is 16.8 Å². The highest BCUT2D eigenvalue weighted by atomic mass is 19.1. The van der Waals surface area contributed by atoms with Crippen LogP contribution in [0.4, 0.5) is 10.1 Å². The monoisotopic (exact) mass is 257 g/mol. The van der Waals surface area contributed by atoms with Crippen molar-refractivity contribution in [1.29, 1.82) is 0 Å². The molecule has 0 unspecified atom stereocenters. The Morgan fingerprint density at radius 1 is 1.05 bits per heavy atom. The molecular weight excluding hydrogens is 241 g/mol. The molecule has 2 nitrogen and oxygen atoms in total. The Kier molecular flexibility index (Phi) is 3.95. The number of benzene rings is 2. The average molecular weight is 257 g/mol. The van der Waals surface area contributed by atoms with Gasteiger partial charge in [-0.2, -0.15) is 0 Å². The highest BCUT2D eigenvalue weighted by Crippen LogP contribution is 2.19. The molecule has 0 aromatic heterocycles. The molecule has 0 aliphatic carbocycles. The lowest BCUT2D eigenvalue weighted by Gasteiger charge is -2.11. The molecule has 3 heteroatoms. The van der Waals surface area contributed by atoms with Gasteiger partial charge in [0.1, 0.15) is 5.82 Å². The molecule has 0 aliphatic heterocycles. The Labute approximate surface area is 112 Å². The minimum atomic E-state index is -0.334. The first-order valence-corrected chi connectivity index (χ1v) is 6.17. The van der Waals surface area contributed by atoms with E-state index in [1.54, 1.807) is 0 Å². The van der Waals surface area contributed by atoms with Gasteiger partial charge in [0.25, 0.3) is 0 Å². The largest absolute Gasteiger partial charge is 0.377 e. The van der Waals surface area contributed by atoms with E-state index in [9.17, 15) is 9.18 Å². The number of carbonyl (C=O) groups is 1. The molecule has 0 heterocycles. The maximum atomic E-state index is 12.8. The van der Waals surface area contributed by atoms with Gasteiger partial charge < -0.3 is 5.32 Å². The third-order valence-electron chi connectivity index (χ3n) is 3.07. The van der Waals surface area contributed by atoms with E-state index in [1.165, 1.54) is 24.3 Å². The number of halogens is 1. The molecule has 0 radical (unpaired) electrons. The summed E-state index contributed by atoms with van der Waals surface area (Å²) in [5.74, 6) is -0.387. The van der Waals surface area contributed by atoms with Crippen LogP contribution in [-0.2, 0) is 0 Å². The second-order valence-corrected chi connectivity index (χ2v) is 4.55. The Balaban J connectivity index is 2.06. The number of carbonyl (C=O) groups excluding carboxylic acids is 1. The summed E-state index contributed by atoms with van der Waals surface area (Å²) in [6.07, 6.45) is 0. The zero-order chi connectivity index (χ0) is 13.8. The summed E-state index contributed by atoms with van der Waals surface area (Å²) in [4.78, 5) is 12.0. The van der Waals surface area contributed by atoms with Crippen LogP contribution < -0.4 is 5.32 Å². The van der Waals surface area contributed by atoms with Crippen LogP contribution in [-0.4, -0.2) is 12.3 Å². The lowest BCUT2D eigenvalue weighted by atomic mass is 10.1. The van der Waals surface area contributed by atoms with Crippen molar-refractivity contribution >= 4 is 11.5 Å². The highest BCUT2D eigenvalue weighted by Gasteiger charge is 2.07. The molecular formula is C16H16FNO. The SMILES string of the molecule is Cc1cccc(C)c1NCC(=O)c1ccc(F)cc1. The number of rotatable bonds is 4. The smallest absolute Gasteiger partial charge is 0.181 e. The summed E-state index contributed by atoms with van der Waals surface area (Å²) < 4.78 is 12.8. The quantitative estimate of drug-likeness (QED) is 0.845.